The summed E-state index contributed by atoms with van der Waals surface area (Å²) in [6.45, 7) is 4.20. The van der Waals surface area contributed by atoms with Crippen molar-refractivity contribution in [2.45, 2.75) is 25.8 Å². The normalized spacial score (nSPS) is 15.8. The highest BCUT2D eigenvalue weighted by atomic mass is 19.1. The lowest BCUT2D eigenvalue weighted by atomic mass is 10.1. The number of anilines is 1. The first kappa shape index (κ1) is 14.3. The molecule has 0 aliphatic carbocycles. The van der Waals surface area contributed by atoms with E-state index in [0.717, 1.165) is 50.3 Å². The van der Waals surface area contributed by atoms with Gasteiger partial charge in [0.25, 0.3) is 0 Å². The second-order valence-electron chi connectivity index (χ2n) is 5.00. The highest BCUT2D eigenvalue weighted by Crippen LogP contribution is 2.24. The summed E-state index contributed by atoms with van der Waals surface area (Å²) in [6, 6.07) is 5.40. The molecule has 0 aromatic heterocycles. The van der Waals surface area contributed by atoms with Crippen LogP contribution in [0.25, 0.3) is 0 Å². The van der Waals surface area contributed by atoms with E-state index in [2.05, 4.69) is 10.2 Å². The highest BCUT2D eigenvalue weighted by Gasteiger charge is 2.15. The van der Waals surface area contributed by atoms with Crippen LogP contribution in [-0.4, -0.2) is 33.4 Å². The number of rotatable bonds is 6. The minimum Gasteiger partial charge on any atom is -0.383 e. The number of piperidine rings is 1. The number of hydrogen-bond donors (Lipinski definition) is 1. The molecule has 0 radical (unpaired) electrons. The van der Waals surface area contributed by atoms with Crippen LogP contribution in [0.15, 0.2) is 18.2 Å². The second kappa shape index (κ2) is 7.46. The summed E-state index contributed by atoms with van der Waals surface area (Å²) in [5.41, 5.74) is 1.88. The number of hydrogen-bond acceptors (Lipinski definition) is 3. The first-order valence-electron chi connectivity index (χ1n) is 7.04. The van der Waals surface area contributed by atoms with E-state index in [1.807, 2.05) is 12.1 Å². The molecule has 0 unspecified atom stereocenters. The van der Waals surface area contributed by atoms with Crippen molar-refractivity contribution in [3.63, 3.8) is 0 Å². The van der Waals surface area contributed by atoms with Gasteiger partial charge in [0.05, 0.1) is 12.3 Å². The third-order valence-corrected chi connectivity index (χ3v) is 3.52. The maximum atomic E-state index is 13.9. The molecule has 0 spiro atoms. The Morgan fingerprint density at radius 3 is 2.79 bits per heavy atom. The zero-order chi connectivity index (χ0) is 13.5. The van der Waals surface area contributed by atoms with Crippen LogP contribution < -0.4 is 10.2 Å². The SMILES string of the molecule is COCCNCc1ccc(F)c(N2CCCCC2)c1. The van der Waals surface area contributed by atoms with Crippen molar-refractivity contribution < 1.29 is 9.13 Å². The number of benzene rings is 1. The minimum absolute atomic E-state index is 0.109. The van der Waals surface area contributed by atoms with Gasteiger partial charge in [-0.1, -0.05) is 6.07 Å². The van der Waals surface area contributed by atoms with E-state index < -0.39 is 0 Å². The minimum atomic E-state index is -0.109. The first-order valence-corrected chi connectivity index (χ1v) is 7.04. The summed E-state index contributed by atoms with van der Waals surface area (Å²) >= 11 is 0. The summed E-state index contributed by atoms with van der Waals surface area (Å²) in [7, 11) is 1.69. The van der Waals surface area contributed by atoms with Gasteiger partial charge in [-0.2, -0.15) is 0 Å². The van der Waals surface area contributed by atoms with Gasteiger partial charge < -0.3 is 15.0 Å². The molecule has 19 heavy (non-hydrogen) atoms. The first-order chi connectivity index (χ1) is 9.31. The van der Waals surface area contributed by atoms with Crippen LogP contribution in [0.5, 0.6) is 0 Å². The Labute approximate surface area is 114 Å². The Balaban J connectivity index is 1.97. The lowest BCUT2D eigenvalue weighted by molar-refractivity contribution is 0.199. The van der Waals surface area contributed by atoms with Crippen LogP contribution in [0, 0.1) is 5.82 Å². The van der Waals surface area contributed by atoms with Gasteiger partial charge in [0, 0.05) is 33.3 Å². The predicted octanol–water partition coefficient (Wildman–Crippen LogP) is 2.55. The van der Waals surface area contributed by atoms with Gasteiger partial charge in [0.1, 0.15) is 5.82 Å². The zero-order valence-electron chi connectivity index (χ0n) is 11.6. The monoisotopic (exact) mass is 266 g/mol. The third-order valence-electron chi connectivity index (χ3n) is 3.52. The molecule has 1 fully saturated rings. The van der Waals surface area contributed by atoms with Gasteiger partial charge in [0.15, 0.2) is 0 Å². The van der Waals surface area contributed by atoms with Crippen molar-refractivity contribution in [3.8, 4) is 0 Å². The molecule has 0 saturated carbocycles. The van der Waals surface area contributed by atoms with E-state index in [9.17, 15) is 4.39 Å². The molecule has 1 N–H and O–H groups in total. The molecule has 2 rings (SSSR count). The molecule has 3 nitrogen and oxygen atoms in total. The van der Waals surface area contributed by atoms with Gasteiger partial charge in [-0.05, 0) is 37.0 Å². The number of nitrogens with one attached hydrogen (secondary N) is 1. The van der Waals surface area contributed by atoms with Crippen molar-refractivity contribution in [2.75, 3.05) is 38.3 Å². The molecule has 106 valence electrons. The van der Waals surface area contributed by atoms with Crippen LogP contribution >= 0.6 is 0 Å². The fourth-order valence-corrected chi connectivity index (χ4v) is 2.45. The third kappa shape index (κ3) is 4.18. The fourth-order valence-electron chi connectivity index (χ4n) is 2.45. The molecule has 0 amide bonds. The molecule has 0 bridgehead atoms. The Morgan fingerprint density at radius 2 is 2.05 bits per heavy atom. The van der Waals surface area contributed by atoms with Crippen LogP contribution in [0.1, 0.15) is 24.8 Å². The summed E-state index contributed by atoms with van der Waals surface area (Å²) in [6.07, 6.45) is 3.59. The molecular formula is C15H23FN2O. The second-order valence-corrected chi connectivity index (χ2v) is 5.00. The zero-order valence-corrected chi connectivity index (χ0v) is 11.6. The number of methoxy groups -OCH3 is 1. The van der Waals surface area contributed by atoms with Crippen molar-refractivity contribution in [3.05, 3.63) is 29.6 Å². The number of nitrogens with zero attached hydrogens (tertiary/aromatic N) is 1. The van der Waals surface area contributed by atoms with Crippen molar-refractivity contribution in [1.82, 2.24) is 5.32 Å². The fraction of sp³-hybridized carbons (Fsp3) is 0.600. The summed E-state index contributed by atoms with van der Waals surface area (Å²) in [5.74, 6) is -0.109. The highest BCUT2D eigenvalue weighted by molar-refractivity contribution is 5.50. The maximum Gasteiger partial charge on any atom is 0.146 e. The van der Waals surface area contributed by atoms with E-state index >= 15 is 0 Å². The molecule has 0 atom stereocenters. The van der Waals surface area contributed by atoms with Crippen LogP contribution in [0.4, 0.5) is 10.1 Å². The molecule has 1 aromatic rings. The van der Waals surface area contributed by atoms with Crippen molar-refractivity contribution in [1.29, 1.82) is 0 Å². The van der Waals surface area contributed by atoms with Crippen LogP contribution in [0.3, 0.4) is 0 Å². The maximum absolute atomic E-state index is 13.9. The number of halogens is 1. The van der Waals surface area contributed by atoms with E-state index in [1.165, 1.54) is 6.42 Å². The average molecular weight is 266 g/mol. The standard InChI is InChI=1S/C15H23FN2O/c1-19-10-7-17-12-13-5-6-14(16)15(11-13)18-8-3-2-4-9-18/h5-6,11,17H,2-4,7-10,12H2,1H3. The van der Waals surface area contributed by atoms with Crippen molar-refractivity contribution in [2.24, 2.45) is 0 Å². The quantitative estimate of drug-likeness (QED) is 0.801. The lowest BCUT2D eigenvalue weighted by Crippen LogP contribution is -2.30. The Bertz CT molecular complexity index is 392. The van der Waals surface area contributed by atoms with Gasteiger partial charge >= 0.3 is 0 Å². The van der Waals surface area contributed by atoms with E-state index in [0.29, 0.717) is 6.61 Å². The molecule has 4 heteroatoms. The molecule has 1 aromatic carbocycles. The molecule has 1 aliphatic heterocycles. The largest absolute Gasteiger partial charge is 0.383 e. The van der Waals surface area contributed by atoms with Crippen LogP contribution in [-0.2, 0) is 11.3 Å². The Morgan fingerprint density at radius 1 is 1.26 bits per heavy atom. The lowest BCUT2D eigenvalue weighted by Gasteiger charge is -2.29. The smallest absolute Gasteiger partial charge is 0.146 e. The van der Waals surface area contributed by atoms with Gasteiger partial charge in [-0.15, -0.1) is 0 Å². The Hall–Kier alpha value is -1.13. The van der Waals surface area contributed by atoms with Gasteiger partial charge in [-0.25, -0.2) is 4.39 Å². The number of ether oxygens (including phenoxy) is 1. The van der Waals surface area contributed by atoms with E-state index in [4.69, 9.17) is 4.74 Å². The van der Waals surface area contributed by atoms with Crippen molar-refractivity contribution >= 4 is 5.69 Å². The molecule has 1 saturated heterocycles. The molecular weight excluding hydrogens is 243 g/mol. The van der Waals surface area contributed by atoms with E-state index in [-0.39, 0.29) is 5.82 Å². The Kier molecular flexibility index (Phi) is 5.61. The van der Waals surface area contributed by atoms with Gasteiger partial charge in [-0.3, -0.25) is 0 Å². The van der Waals surface area contributed by atoms with E-state index in [1.54, 1.807) is 13.2 Å². The topological polar surface area (TPSA) is 24.5 Å². The average Bonchev–Trinajstić information content (AvgIpc) is 2.46. The summed E-state index contributed by atoms with van der Waals surface area (Å²) in [5, 5.41) is 3.29. The molecule has 1 aliphatic rings. The predicted molar refractivity (Wildman–Crippen MR) is 76.0 cm³/mol. The van der Waals surface area contributed by atoms with Crippen LogP contribution in [0.2, 0.25) is 0 Å². The summed E-state index contributed by atoms with van der Waals surface area (Å²) in [4.78, 5) is 2.16. The summed E-state index contributed by atoms with van der Waals surface area (Å²) < 4.78 is 18.9. The molecule has 1 heterocycles. The van der Waals surface area contributed by atoms with Gasteiger partial charge in [0.2, 0.25) is 0 Å².